The average Bonchev–Trinajstić information content (AvgIpc) is 2.56. The lowest BCUT2D eigenvalue weighted by atomic mass is 10.1. The number of sulfone groups is 1. The van der Waals surface area contributed by atoms with Gasteiger partial charge in [0.05, 0.1) is 10.6 Å². The highest BCUT2D eigenvalue weighted by molar-refractivity contribution is 7.91. The molecule has 0 aliphatic rings. The summed E-state index contributed by atoms with van der Waals surface area (Å²) >= 11 is 0. The maximum atomic E-state index is 12.1. The molecule has 0 heterocycles. The maximum Gasteiger partial charge on any atom is 0.220 e. The monoisotopic (exact) mass is 331 g/mol. The van der Waals surface area contributed by atoms with E-state index in [9.17, 15) is 13.2 Å². The van der Waals surface area contributed by atoms with E-state index in [1.807, 2.05) is 30.3 Å². The van der Waals surface area contributed by atoms with Gasteiger partial charge in [0.15, 0.2) is 9.84 Å². The van der Waals surface area contributed by atoms with Gasteiger partial charge in [0.25, 0.3) is 0 Å². The normalized spacial score (nSPS) is 11.1. The van der Waals surface area contributed by atoms with E-state index >= 15 is 0 Å². The summed E-state index contributed by atoms with van der Waals surface area (Å²) in [4.78, 5) is 12.0. The van der Waals surface area contributed by atoms with E-state index in [4.69, 9.17) is 0 Å². The van der Waals surface area contributed by atoms with Crippen molar-refractivity contribution in [1.29, 1.82) is 0 Å². The average molecular weight is 331 g/mol. The molecule has 1 amide bonds. The molecule has 0 unspecified atom stereocenters. The Kier molecular flexibility index (Phi) is 6.35. The zero-order valence-electron chi connectivity index (χ0n) is 12.9. The van der Waals surface area contributed by atoms with Gasteiger partial charge >= 0.3 is 0 Å². The lowest BCUT2D eigenvalue weighted by molar-refractivity contribution is -0.121. The summed E-state index contributed by atoms with van der Waals surface area (Å²) < 4.78 is 24.1. The summed E-state index contributed by atoms with van der Waals surface area (Å²) in [6, 6.07) is 18.3. The van der Waals surface area contributed by atoms with E-state index in [0.29, 0.717) is 11.3 Å². The molecule has 0 aromatic heterocycles. The second kappa shape index (κ2) is 8.48. The molecule has 4 nitrogen and oxygen atoms in total. The molecule has 2 aromatic carbocycles. The fraction of sp³-hybridized carbons (Fsp3) is 0.278. The first-order valence-corrected chi connectivity index (χ1v) is 9.31. The standard InChI is InChI=1S/C18H21NO3S/c20-18(13-7-10-16-8-3-1-4-9-16)19-14-15-23(21,22)17-11-5-2-6-12-17/h1-6,8-9,11-12H,7,10,13-15H2,(H,19,20). The van der Waals surface area contributed by atoms with Gasteiger partial charge in [0, 0.05) is 13.0 Å². The lowest BCUT2D eigenvalue weighted by Gasteiger charge is -2.07. The number of aryl methyl sites for hydroxylation is 1. The molecule has 0 saturated carbocycles. The number of hydrogen-bond acceptors (Lipinski definition) is 3. The Labute approximate surface area is 137 Å². The number of benzene rings is 2. The summed E-state index contributed by atoms with van der Waals surface area (Å²) in [5.41, 5.74) is 1.20. The Bertz CT molecular complexity index is 712. The van der Waals surface area contributed by atoms with E-state index in [2.05, 4.69) is 5.32 Å². The smallest absolute Gasteiger partial charge is 0.220 e. The van der Waals surface area contributed by atoms with Gasteiger partial charge in [-0.15, -0.1) is 0 Å². The van der Waals surface area contributed by atoms with Gasteiger partial charge in [-0.1, -0.05) is 48.5 Å². The SMILES string of the molecule is O=C(CCCc1ccccc1)NCCS(=O)(=O)c1ccccc1. The number of hydrogen-bond donors (Lipinski definition) is 1. The summed E-state index contributed by atoms with van der Waals surface area (Å²) in [5.74, 6) is -0.189. The second-order valence-electron chi connectivity index (χ2n) is 5.32. The van der Waals surface area contributed by atoms with Crippen molar-refractivity contribution in [2.45, 2.75) is 24.2 Å². The minimum atomic E-state index is -3.33. The molecule has 0 radical (unpaired) electrons. The van der Waals surface area contributed by atoms with Gasteiger partial charge in [0.2, 0.25) is 5.91 Å². The highest BCUT2D eigenvalue weighted by atomic mass is 32.2. The molecular formula is C18H21NO3S. The van der Waals surface area contributed by atoms with Crippen LogP contribution in [0.1, 0.15) is 18.4 Å². The first-order valence-electron chi connectivity index (χ1n) is 7.66. The van der Waals surface area contributed by atoms with Crippen molar-refractivity contribution in [3.63, 3.8) is 0 Å². The highest BCUT2D eigenvalue weighted by Gasteiger charge is 2.13. The minimum Gasteiger partial charge on any atom is -0.355 e. The quantitative estimate of drug-likeness (QED) is 0.809. The molecule has 1 N–H and O–H groups in total. The van der Waals surface area contributed by atoms with Gasteiger partial charge in [-0.2, -0.15) is 0 Å². The maximum absolute atomic E-state index is 12.1. The van der Waals surface area contributed by atoms with Crippen LogP contribution in [0.4, 0.5) is 0 Å². The van der Waals surface area contributed by atoms with Crippen molar-refractivity contribution in [2.24, 2.45) is 0 Å². The molecule has 0 fully saturated rings. The Morgan fingerprint density at radius 1 is 0.913 bits per heavy atom. The van der Waals surface area contributed by atoms with Crippen LogP contribution in [0.25, 0.3) is 0 Å². The molecule has 0 aliphatic carbocycles. The van der Waals surface area contributed by atoms with E-state index in [1.165, 1.54) is 5.56 Å². The third-order valence-electron chi connectivity index (χ3n) is 3.51. The molecule has 5 heteroatoms. The van der Waals surface area contributed by atoms with E-state index in [0.717, 1.165) is 12.8 Å². The number of nitrogens with one attached hydrogen (secondary N) is 1. The van der Waals surface area contributed by atoms with Gasteiger partial charge in [-0.05, 0) is 30.5 Å². The minimum absolute atomic E-state index is 0.0819. The topological polar surface area (TPSA) is 63.2 Å². The summed E-state index contributed by atoms with van der Waals surface area (Å²) in [7, 11) is -3.33. The Morgan fingerprint density at radius 3 is 2.17 bits per heavy atom. The number of carbonyl (C=O) groups is 1. The molecule has 122 valence electrons. The highest BCUT2D eigenvalue weighted by Crippen LogP contribution is 2.09. The van der Waals surface area contributed by atoms with E-state index in [1.54, 1.807) is 30.3 Å². The molecule has 2 aromatic rings. The first kappa shape index (κ1) is 17.2. The molecule has 0 spiro atoms. The largest absolute Gasteiger partial charge is 0.355 e. The van der Waals surface area contributed by atoms with Gasteiger partial charge in [-0.3, -0.25) is 4.79 Å². The fourth-order valence-electron chi connectivity index (χ4n) is 2.26. The predicted molar refractivity (Wildman–Crippen MR) is 90.9 cm³/mol. The summed E-state index contributed by atoms with van der Waals surface area (Å²) in [6.45, 7) is 0.140. The van der Waals surface area contributed by atoms with Crippen LogP contribution in [-0.2, 0) is 21.1 Å². The molecule has 0 aliphatic heterocycles. The van der Waals surface area contributed by atoms with Crippen molar-refractivity contribution < 1.29 is 13.2 Å². The predicted octanol–water partition coefficient (Wildman–Crippen LogP) is 2.60. The second-order valence-corrected chi connectivity index (χ2v) is 7.43. The Morgan fingerprint density at radius 2 is 1.52 bits per heavy atom. The zero-order chi connectivity index (χ0) is 16.5. The van der Waals surface area contributed by atoms with Crippen LogP contribution in [-0.4, -0.2) is 26.6 Å². The van der Waals surface area contributed by atoms with Crippen molar-refractivity contribution in [3.8, 4) is 0 Å². The Balaban J connectivity index is 1.69. The summed E-state index contributed by atoms with van der Waals surface area (Å²) in [5, 5.41) is 2.68. The van der Waals surface area contributed by atoms with Gasteiger partial charge < -0.3 is 5.32 Å². The van der Waals surface area contributed by atoms with E-state index < -0.39 is 9.84 Å². The van der Waals surface area contributed by atoms with Crippen LogP contribution in [0.5, 0.6) is 0 Å². The number of amides is 1. The molecule has 0 bridgehead atoms. The molecule has 0 saturated heterocycles. The lowest BCUT2D eigenvalue weighted by Crippen LogP contribution is -2.29. The van der Waals surface area contributed by atoms with Crippen molar-refractivity contribution in [3.05, 3.63) is 66.2 Å². The van der Waals surface area contributed by atoms with Gasteiger partial charge in [0.1, 0.15) is 0 Å². The molecule has 23 heavy (non-hydrogen) atoms. The van der Waals surface area contributed by atoms with Crippen LogP contribution in [0, 0.1) is 0 Å². The van der Waals surface area contributed by atoms with Crippen LogP contribution < -0.4 is 5.32 Å². The molecular weight excluding hydrogens is 310 g/mol. The van der Waals surface area contributed by atoms with Crippen LogP contribution >= 0.6 is 0 Å². The number of rotatable bonds is 8. The van der Waals surface area contributed by atoms with Crippen molar-refractivity contribution in [1.82, 2.24) is 5.32 Å². The van der Waals surface area contributed by atoms with Crippen LogP contribution in [0.2, 0.25) is 0 Å². The van der Waals surface area contributed by atoms with Crippen LogP contribution in [0.15, 0.2) is 65.6 Å². The molecule has 0 atom stereocenters. The third kappa shape index (κ3) is 5.87. The molecule has 2 rings (SSSR count). The fourth-order valence-corrected chi connectivity index (χ4v) is 3.43. The zero-order valence-corrected chi connectivity index (χ0v) is 13.8. The van der Waals surface area contributed by atoms with Crippen molar-refractivity contribution in [2.75, 3.05) is 12.3 Å². The van der Waals surface area contributed by atoms with Gasteiger partial charge in [-0.25, -0.2) is 8.42 Å². The van der Waals surface area contributed by atoms with E-state index in [-0.39, 0.29) is 18.2 Å². The number of carbonyl (C=O) groups excluding carboxylic acids is 1. The first-order chi connectivity index (χ1) is 11.1. The van der Waals surface area contributed by atoms with Crippen LogP contribution in [0.3, 0.4) is 0 Å². The van der Waals surface area contributed by atoms with Crippen molar-refractivity contribution >= 4 is 15.7 Å². The third-order valence-corrected chi connectivity index (χ3v) is 5.24. The Hall–Kier alpha value is -2.14. The summed E-state index contributed by atoms with van der Waals surface area (Å²) in [6.07, 6.45) is 2.00.